The maximum atomic E-state index is 2.31. The number of benzene rings is 6. The monoisotopic (exact) mass is 428 g/mol. The van der Waals surface area contributed by atoms with E-state index in [0.717, 1.165) is 0 Å². The molecule has 34 heavy (non-hydrogen) atoms. The van der Waals surface area contributed by atoms with Crippen LogP contribution in [-0.4, -0.2) is 0 Å². The van der Waals surface area contributed by atoms with E-state index in [1.807, 2.05) is 0 Å². The highest BCUT2D eigenvalue weighted by atomic mass is 14.4. The zero-order chi connectivity index (χ0) is 22.2. The Balaban J connectivity index is 1.64. The second-order valence-corrected chi connectivity index (χ2v) is 9.26. The molecule has 0 saturated carbocycles. The third-order valence-electron chi connectivity index (χ3n) is 7.58. The lowest BCUT2D eigenvalue weighted by Crippen LogP contribution is -1.93. The Bertz CT molecular complexity index is 1710. The Kier molecular flexibility index (Phi) is 3.48. The summed E-state index contributed by atoms with van der Waals surface area (Å²) in [5.41, 5.74) is 13.5. The Morgan fingerprint density at radius 3 is 1.12 bits per heavy atom. The van der Waals surface area contributed by atoms with Gasteiger partial charge >= 0.3 is 0 Å². The van der Waals surface area contributed by atoms with Gasteiger partial charge in [0.25, 0.3) is 0 Å². The largest absolute Gasteiger partial charge is 0.0616 e. The molecule has 0 fully saturated rings. The first kappa shape index (κ1) is 18.1. The van der Waals surface area contributed by atoms with Gasteiger partial charge in [-0.2, -0.15) is 0 Å². The molecule has 0 unspecified atom stereocenters. The molecule has 0 atom stereocenters. The van der Waals surface area contributed by atoms with Crippen molar-refractivity contribution in [3.05, 3.63) is 144 Å². The minimum absolute atomic E-state index is 1.29. The first-order valence-corrected chi connectivity index (χ1v) is 11.9. The molecule has 0 aliphatic heterocycles. The maximum absolute atomic E-state index is 2.31. The highest BCUT2D eigenvalue weighted by Crippen LogP contribution is 2.56. The van der Waals surface area contributed by atoms with Gasteiger partial charge in [0.15, 0.2) is 0 Å². The van der Waals surface area contributed by atoms with Crippen LogP contribution < -0.4 is 0 Å². The second-order valence-electron chi connectivity index (χ2n) is 9.26. The van der Waals surface area contributed by atoms with Gasteiger partial charge in [-0.05, 0) is 77.2 Å². The summed E-state index contributed by atoms with van der Waals surface area (Å²) in [5.74, 6) is 0. The molecule has 0 radical (unpaired) electrons. The lowest BCUT2D eigenvalue weighted by Gasteiger charge is -2.15. The van der Waals surface area contributed by atoms with Gasteiger partial charge < -0.3 is 0 Å². The predicted octanol–water partition coefficient (Wildman–Crippen LogP) is 8.96. The van der Waals surface area contributed by atoms with E-state index in [-0.39, 0.29) is 0 Å². The van der Waals surface area contributed by atoms with Crippen LogP contribution in [0.3, 0.4) is 0 Å². The minimum atomic E-state index is 1.29. The molecule has 0 amide bonds. The fourth-order valence-corrected chi connectivity index (χ4v) is 6.19. The zero-order valence-corrected chi connectivity index (χ0v) is 18.5. The van der Waals surface area contributed by atoms with E-state index in [1.54, 1.807) is 0 Å². The molecule has 0 saturated heterocycles. The summed E-state index contributed by atoms with van der Waals surface area (Å²) in [4.78, 5) is 0. The van der Waals surface area contributed by atoms with Gasteiger partial charge in [-0.1, -0.05) is 121 Å². The molecule has 0 heterocycles. The predicted molar refractivity (Wildman–Crippen MR) is 144 cm³/mol. The number of hydrogen-bond donors (Lipinski definition) is 0. The van der Waals surface area contributed by atoms with Gasteiger partial charge in [0, 0.05) is 0 Å². The van der Waals surface area contributed by atoms with Crippen molar-refractivity contribution in [3.63, 3.8) is 0 Å². The molecular formula is C34H20. The van der Waals surface area contributed by atoms with E-state index in [9.17, 15) is 0 Å². The highest BCUT2D eigenvalue weighted by molar-refractivity contribution is 6.25. The van der Waals surface area contributed by atoms with Gasteiger partial charge in [0.2, 0.25) is 0 Å². The fourth-order valence-electron chi connectivity index (χ4n) is 6.19. The van der Waals surface area contributed by atoms with E-state index in [2.05, 4.69) is 121 Å². The molecule has 0 aromatic heterocycles. The van der Waals surface area contributed by atoms with Crippen molar-refractivity contribution in [1.82, 2.24) is 0 Å². The van der Waals surface area contributed by atoms with Crippen molar-refractivity contribution >= 4 is 32.7 Å². The van der Waals surface area contributed by atoms with Crippen molar-refractivity contribution < 1.29 is 0 Å². The van der Waals surface area contributed by atoms with Crippen LogP contribution in [0.1, 0.15) is 22.3 Å². The van der Waals surface area contributed by atoms with E-state index < -0.39 is 0 Å². The summed E-state index contributed by atoms with van der Waals surface area (Å²) in [6.07, 6.45) is 0. The van der Waals surface area contributed by atoms with Gasteiger partial charge in [-0.25, -0.2) is 0 Å². The Labute approximate surface area is 198 Å². The lowest BCUT2D eigenvalue weighted by atomic mass is 9.88. The fraction of sp³-hybridized carbons (Fsp3) is 0. The van der Waals surface area contributed by atoms with Crippen molar-refractivity contribution in [2.45, 2.75) is 0 Å². The van der Waals surface area contributed by atoms with Crippen molar-refractivity contribution in [3.8, 4) is 22.3 Å². The number of hydrogen-bond acceptors (Lipinski definition) is 0. The maximum Gasteiger partial charge on any atom is -0.000742 e. The normalized spacial score (nSPS) is 15.3. The van der Waals surface area contributed by atoms with Crippen LogP contribution in [0, 0.1) is 0 Å². The van der Waals surface area contributed by atoms with Crippen LogP contribution in [-0.2, 0) is 0 Å². The summed E-state index contributed by atoms with van der Waals surface area (Å²) < 4.78 is 0. The SMILES string of the molecule is c1ccc2c(c1)/C(=C1\c3ccccc3-c3ccc4ccccc4c31)c1c-2ccc2ccccc12. The first-order valence-electron chi connectivity index (χ1n) is 11.9. The van der Waals surface area contributed by atoms with Gasteiger partial charge in [0.05, 0.1) is 0 Å². The van der Waals surface area contributed by atoms with Crippen molar-refractivity contribution in [1.29, 1.82) is 0 Å². The average molecular weight is 429 g/mol. The molecule has 0 heteroatoms. The molecule has 2 aliphatic carbocycles. The molecule has 8 rings (SSSR count). The second kappa shape index (κ2) is 6.56. The van der Waals surface area contributed by atoms with Gasteiger partial charge in [0.1, 0.15) is 0 Å². The summed E-state index contributed by atoms with van der Waals surface area (Å²) in [6.45, 7) is 0. The van der Waals surface area contributed by atoms with E-state index in [1.165, 1.54) is 77.2 Å². The average Bonchev–Trinajstić information content (AvgIpc) is 3.42. The summed E-state index contributed by atoms with van der Waals surface area (Å²) >= 11 is 0. The van der Waals surface area contributed by atoms with Crippen LogP contribution in [0.25, 0.3) is 54.9 Å². The molecule has 0 bridgehead atoms. The molecule has 0 N–H and O–H groups in total. The van der Waals surface area contributed by atoms with Crippen LogP contribution in [0.4, 0.5) is 0 Å². The molecule has 2 aliphatic rings. The number of fused-ring (bicyclic) bond motifs is 10. The summed E-state index contributed by atoms with van der Waals surface area (Å²) in [5, 5.41) is 5.22. The molecule has 0 spiro atoms. The van der Waals surface area contributed by atoms with Crippen molar-refractivity contribution in [2.24, 2.45) is 0 Å². The Morgan fingerprint density at radius 1 is 0.265 bits per heavy atom. The summed E-state index contributed by atoms with van der Waals surface area (Å²) in [6, 6.07) is 44.6. The topological polar surface area (TPSA) is 0 Å². The van der Waals surface area contributed by atoms with E-state index in [0.29, 0.717) is 0 Å². The first-order chi connectivity index (χ1) is 16.9. The third kappa shape index (κ3) is 2.23. The number of rotatable bonds is 0. The van der Waals surface area contributed by atoms with E-state index >= 15 is 0 Å². The molecule has 156 valence electrons. The standard InChI is InChI=1S/C34H20/c1-3-11-23-21(9-1)17-19-29-25-13-5-7-15-27(25)33(31(23)29)34-28-16-8-6-14-26(28)30-20-18-22-10-2-4-12-24(22)32(30)34/h1-20H/b34-33-. The van der Waals surface area contributed by atoms with Crippen LogP contribution >= 0.6 is 0 Å². The van der Waals surface area contributed by atoms with Crippen LogP contribution in [0.15, 0.2) is 121 Å². The molecule has 6 aromatic carbocycles. The van der Waals surface area contributed by atoms with Crippen LogP contribution in [0.2, 0.25) is 0 Å². The Hall–Kier alpha value is -4.42. The van der Waals surface area contributed by atoms with Crippen LogP contribution in [0.5, 0.6) is 0 Å². The molecular weight excluding hydrogens is 408 g/mol. The molecule has 6 aromatic rings. The Morgan fingerprint density at radius 2 is 0.647 bits per heavy atom. The van der Waals surface area contributed by atoms with Crippen molar-refractivity contribution in [2.75, 3.05) is 0 Å². The lowest BCUT2D eigenvalue weighted by molar-refractivity contribution is 1.63. The van der Waals surface area contributed by atoms with Gasteiger partial charge in [-0.15, -0.1) is 0 Å². The molecule has 0 nitrogen and oxygen atoms in total. The quantitative estimate of drug-likeness (QED) is 0.226. The smallest absolute Gasteiger partial charge is 0.000742 e. The summed E-state index contributed by atoms with van der Waals surface area (Å²) in [7, 11) is 0. The highest BCUT2D eigenvalue weighted by Gasteiger charge is 2.34. The third-order valence-corrected chi connectivity index (χ3v) is 7.58. The minimum Gasteiger partial charge on any atom is -0.0616 e. The van der Waals surface area contributed by atoms with Gasteiger partial charge in [-0.3, -0.25) is 0 Å². The zero-order valence-electron chi connectivity index (χ0n) is 18.5. The van der Waals surface area contributed by atoms with E-state index in [4.69, 9.17) is 0 Å².